The Balaban J connectivity index is 1.99. The molecule has 0 aliphatic heterocycles. The summed E-state index contributed by atoms with van der Waals surface area (Å²) in [5.74, 6) is -0.882. The van der Waals surface area contributed by atoms with Gasteiger partial charge < -0.3 is 10.2 Å². The van der Waals surface area contributed by atoms with E-state index in [1.165, 1.54) is 11.0 Å². The van der Waals surface area contributed by atoms with Crippen molar-refractivity contribution in [1.29, 1.82) is 0 Å². The van der Waals surface area contributed by atoms with E-state index in [9.17, 15) is 14.0 Å². The molecule has 0 saturated carbocycles. The molecular formula is C29H33FN2O2. The fourth-order valence-corrected chi connectivity index (χ4v) is 3.80. The van der Waals surface area contributed by atoms with Gasteiger partial charge in [0.1, 0.15) is 11.9 Å². The lowest BCUT2D eigenvalue weighted by molar-refractivity contribution is -0.141. The molecule has 0 saturated heterocycles. The Morgan fingerprint density at radius 3 is 2.12 bits per heavy atom. The van der Waals surface area contributed by atoms with Crippen LogP contribution in [-0.4, -0.2) is 28.3 Å². The van der Waals surface area contributed by atoms with Crippen LogP contribution in [0.5, 0.6) is 0 Å². The first kappa shape index (κ1) is 25.2. The van der Waals surface area contributed by atoms with Gasteiger partial charge in [-0.15, -0.1) is 0 Å². The molecule has 0 aliphatic rings. The largest absolute Gasteiger partial charge is 0.350 e. The maximum Gasteiger partial charge on any atom is 0.243 e. The number of rotatable bonds is 8. The quantitative estimate of drug-likeness (QED) is 0.500. The number of aryl methyl sites for hydroxylation is 1. The normalized spacial score (nSPS) is 12.1. The first-order valence-electron chi connectivity index (χ1n) is 11.6. The topological polar surface area (TPSA) is 49.4 Å². The minimum absolute atomic E-state index is 0.00638. The summed E-state index contributed by atoms with van der Waals surface area (Å²) in [5, 5.41) is 3.02. The number of halogens is 1. The van der Waals surface area contributed by atoms with E-state index >= 15 is 0 Å². The first-order chi connectivity index (χ1) is 16.1. The summed E-state index contributed by atoms with van der Waals surface area (Å²) in [4.78, 5) is 28.6. The van der Waals surface area contributed by atoms with E-state index in [4.69, 9.17) is 0 Å². The zero-order valence-electron chi connectivity index (χ0n) is 20.3. The van der Waals surface area contributed by atoms with Crippen molar-refractivity contribution >= 4 is 11.8 Å². The molecule has 0 aromatic heterocycles. The van der Waals surface area contributed by atoms with Crippen molar-refractivity contribution in [3.63, 3.8) is 0 Å². The molecule has 5 heteroatoms. The van der Waals surface area contributed by atoms with Gasteiger partial charge in [0.2, 0.25) is 11.8 Å². The first-order valence-corrected chi connectivity index (χ1v) is 11.6. The summed E-state index contributed by atoms with van der Waals surface area (Å²) < 4.78 is 14.6. The Morgan fingerprint density at radius 1 is 0.882 bits per heavy atom. The van der Waals surface area contributed by atoms with Crippen LogP contribution in [0.2, 0.25) is 0 Å². The highest BCUT2D eigenvalue weighted by Gasteiger charge is 2.32. The predicted molar refractivity (Wildman–Crippen MR) is 134 cm³/mol. The molecular weight excluding hydrogens is 427 g/mol. The summed E-state index contributed by atoms with van der Waals surface area (Å²) in [6.07, 6.45) is 0.458. The maximum absolute atomic E-state index is 14.6. The molecule has 1 atom stereocenters. The Morgan fingerprint density at radius 2 is 1.50 bits per heavy atom. The fraction of sp³-hybridized carbons (Fsp3) is 0.310. The third kappa shape index (κ3) is 7.27. The lowest BCUT2D eigenvalue weighted by Gasteiger charge is -2.34. The van der Waals surface area contributed by atoms with Gasteiger partial charge in [0.25, 0.3) is 0 Å². The minimum atomic E-state index is -0.792. The van der Waals surface area contributed by atoms with Crippen molar-refractivity contribution in [2.75, 3.05) is 0 Å². The van der Waals surface area contributed by atoms with Crippen LogP contribution < -0.4 is 5.32 Å². The summed E-state index contributed by atoms with van der Waals surface area (Å²) in [5.41, 5.74) is 2.78. The number of carbonyl (C=O) groups excluding carboxylic acids is 2. The lowest BCUT2D eigenvalue weighted by Crippen LogP contribution is -2.54. The van der Waals surface area contributed by atoms with Crippen molar-refractivity contribution in [3.8, 4) is 0 Å². The second kappa shape index (κ2) is 11.1. The molecule has 4 nitrogen and oxygen atoms in total. The number of nitrogens with one attached hydrogen (secondary N) is 1. The molecule has 0 bridgehead atoms. The zero-order valence-corrected chi connectivity index (χ0v) is 20.3. The van der Waals surface area contributed by atoms with Crippen LogP contribution in [-0.2, 0) is 29.0 Å². The molecule has 3 aromatic carbocycles. The van der Waals surface area contributed by atoms with Crippen molar-refractivity contribution < 1.29 is 14.0 Å². The van der Waals surface area contributed by atoms with Crippen molar-refractivity contribution in [2.24, 2.45) is 0 Å². The molecule has 3 aromatic rings. The number of amides is 2. The Bertz CT molecular complexity index is 1100. The zero-order chi connectivity index (χ0) is 24.7. The third-order valence-electron chi connectivity index (χ3n) is 5.54. The van der Waals surface area contributed by atoms with Gasteiger partial charge in [-0.3, -0.25) is 9.59 Å². The molecule has 2 amide bonds. The summed E-state index contributed by atoms with van der Waals surface area (Å²) in [7, 11) is 0. The van der Waals surface area contributed by atoms with Crippen LogP contribution in [0.25, 0.3) is 0 Å². The van der Waals surface area contributed by atoms with E-state index in [0.717, 1.165) is 16.7 Å². The maximum atomic E-state index is 14.6. The van der Waals surface area contributed by atoms with E-state index in [1.807, 2.05) is 82.3 Å². The lowest BCUT2D eigenvalue weighted by atomic mass is 9.99. The van der Waals surface area contributed by atoms with Crippen LogP contribution >= 0.6 is 0 Å². The fourth-order valence-electron chi connectivity index (χ4n) is 3.80. The summed E-state index contributed by atoms with van der Waals surface area (Å²) >= 11 is 0. The minimum Gasteiger partial charge on any atom is -0.350 e. The SMILES string of the molecule is Cc1ccc(CC(=O)N(Cc2ccccc2F)[C@@H](Cc2ccccc2)C(=O)NC(C)(C)C)cc1. The highest BCUT2D eigenvalue weighted by molar-refractivity contribution is 5.89. The van der Waals surface area contributed by atoms with E-state index < -0.39 is 17.4 Å². The van der Waals surface area contributed by atoms with Gasteiger partial charge in [-0.25, -0.2) is 4.39 Å². The van der Waals surface area contributed by atoms with Crippen LogP contribution in [0, 0.1) is 12.7 Å². The average molecular weight is 461 g/mol. The number of nitrogens with zero attached hydrogens (tertiary/aromatic N) is 1. The Kier molecular flexibility index (Phi) is 8.21. The number of hydrogen-bond acceptors (Lipinski definition) is 2. The van der Waals surface area contributed by atoms with Gasteiger partial charge in [-0.05, 0) is 44.9 Å². The number of hydrogen-bond donors (Lipinski definition) is 1. The monoisotopic (exact) mass is 460 g/mol. The van der Waals surface area contributed by atoms with E-state index in [-0.39, 0.29) is 24.8 Å². The predicted octanol–water partition coefficient (Wildman–Crippen LogP) is 5.23. The van der Waals surface area contributed by atoms with Crippen molar-refractivity contribution in [3.05, 3.63) is 107 Å². The van der Waals surface area contributed by atoms with Gasteiger partial charge in [0, 0.05) is 24.1 Å². The molecule has 0 unspecified atom stereocenters. The molecule has 0 spiro atoms. The molecule has 34 heavy (non-hydrogen) atoms. The van der Waals surface area contributed by atoms with Gasteiger partial charge in [-0.1, -0.05) is 78.4 Å². The van der Waals surface area contributed by atoms with Gasteiger partial charge in [0.15, 0.2) is 0 Å². The van der Waals surface area contributed by atoms with Gasteiger partial charge >= 0.3 is 0 Å². The third-order valence-corrected chi connectivity index (χ3v) is 5.54. The van der Waals surface area contributed by atoms with E-state index in [2.05, 4.69) is 5.32 Å². The molecule has 1 N–H and O–H groups in total. The highest BCUT2D eigenvalue weighted by Crippen LogP contribution is 2.19. The standard InChI is InChI=1S/C29H33FN2O2/c1-21-14-16-23(17-15-21)19-27(33)32(20-24-12-8-9-13-25(24)30)26(28(34)31-29(2,3)4)18-22-10-6-5-7-11-22/h5-17,26H,18-20H2,1-4H3,(H,31,34)/t26-/m0/s1. The molecule has 0 heterocycles. The van der Waals surface area contributed by atoms with Gasteiger partial charge in [0.05, 0.1) is 6.42 Å². The molecule has 3 rings (SSSR count). The Hall–Kier alpha value is -3.47. The van der Waals surface area contributed by atoms with Crippen LogP contribution in [0.3, 0.4) is 0 Å². The second-order valence-electron chi connectivity index (χ2n) is 9.72. The molecule has 178 valence electrons. The Labute approximate surface area is 201 Å². The van der Waals surface area contributed by atoms with E-state index in [0.29, 0.717) is 12.0 Å². The smallest absolute Gasteiger partial charge is 0.243 e. The molecule has 0 aliphatic carbocycles. The highest BCUT2D eigenvalue weighted by atomic mass is 19.1. The van der Waals surface area contributed by atoms with Crippen LogP contribution in [0.1, 0.15) is 43.0 Å². The second-order valence-corrected chi connectivity index (χ2v) is 9.72. The number of carbonyl (C=O) groups is 2. The number of benzene rings is 3. The summed E-state index contributed by atoms with van der Waals surface area (Å²) in [6, 6.07) is 22.9. The van der Waals surface area contributed by atoms with Gasteiger partial charge in [-0.2, -0.15) is 0 Å². The van der Waals surface area contributed by atoms with Crippen molar-refractivity contribution in [2.45, 2.75) is 58.7 Å². The van der Waals surface area contributed by atoms with E-state index in [1.54, 1.807) is 18.2 Å². The van der Waals surface area contributed by atoms with Crippen LogP contribution in [0.4, 0.5) is 4.39 Å². The summed E-state index contributed by atoms with van der Waals surface area (Å²) in [6.45, 7) is 7.70. The molecule has 0 fully saturated rings. The van der Waals surface area contributed by atoms with Crippen LogP contribution in [0.15, 0.2) is 78.9 Å². The van der Waals surface area contributed by atoms with Crippen molar-refractivity contribution in [1.82, 2.24) is 10.2 Å². The molecule has 0 radical (unpaired) electrons. The average Bonchev–Trinajstić information content (AvgIpc) is 2.78.